The van der Waals surface area contributed by atoms with E-state index in [4.69, 9.17) is 0 Å². The molecule has 0 heteroatoms. The lowest BCUT2D eigenvalue weighted by Gasteiger charge is -2.30. The summed E-state index contributed by atoms with van der Waals surface area (Å²) < 4.78 is 0. The fraction of sp³-hybridized carbons (Fsp3) is 0.647. The lowest BCUT2D eigenvalue weighted by molar-refractivity contribution is 0.285. The van der Waals surface area contributed by atoms with Crippen molar-refractivity contribution in [3.8, 4) is 0 Å². The Hall–Kier alpha value is -0.780. The van der Waals surface area contributed by atoms with Gasteiger partial charge in [0.25, 0.3) is 0 Å². The molecule has 0 nitrogen and oxygen atoms in total. The first-order valence-corrected chi connectivity index (χ1v) is 6.88. The monoisotopic (exact) mass is 230 g/mol. The van der Waals surface area contributed by atoms with Crippen molar-refractivity contribution in [1.29, 1.82) is 0 Å². The van der Waals surface area contributed by atoms with Gasteiger partial charge in [0.2, 0.25) is 0 Å². The Labute approximate surface area is 106 Å². The molecule has 0 heterocycles. The molecule has 1 aromatic carbocycles. The molecule has 0 radical (unpaired) electrons. The number of benzene rings is 1. The minimum Gasteiger partial charge on any atom is -0.0622 e. The maximum absolute atomic E-state index is 2.43. The van der Waals surface area contributed by atoms with Crippen LogP contribution in [-0.2, 0) is 5.41 Å². The third-order valence-corrected chi connectivity index (χ3v) is 4.91. The van der Waals surface area contributed by atoms with E-state index in [0.29, 0.717) is 5.41 Å². The molecule has 1 aliphatic rings. The van der Waals surface area contributed by atoms with Crippen LogP contribution in [-0.4, -0.2) is 0 Å². The van der Waals surface area contributed by atoms with E-state index in [1.165, 1.54) is 11.1 Å². The van der Waals surface area contributed by atoms with Gasteiger partial charge in [0.15, 0.2) is 0 Å². The summed E-state index contributed by atoms with van der Waals surface area (Å²) in [5.41, 5.74) is 6.46. The maximum Gasteiger partial charge on any atom is -0.00666 e. The summed E-state index contributed by atoms with van der Waals surface area (Å²) in [6, 6.07) is 4.77. The van der Waals surface area contributed by atoms with Crippen molar-refractivity contribution in [3.05, 3.63) is 34.4 Å². The number of hydrogen-bond acceptors (Lipinski definition) is 0. The molecule has 2 unspecified atom stereocenters. The summed E-state index contributed by atoms with van der Waals surface area (Å²) in [6.07, 6.45) is 0. The highest BCUT2D eigenvalue weighted by atomic mass is 14.5. The van der Waals surface area contributed by atoms with Crippen LogP contribution in [0.3, 0.4) is 0 Å². The van der Waals surface area contributed by atoms with Crippen molar-refractivity contribution in [2.24, 2.45) is 11.8 Å². The van der Waals surface area contributed by atoms with Gasteiger partial charge in [0, 0.05) is 0 Å². The van der Waals surface area contributed by atoms with Crippen LogP contribution in [0.5, 0.6) is 0 Å². The van der Waals surface area contributed by atoms with Crippen molar-refractivity contribution >= 4 is 0 Å². The van der Waals surface area contributed by atoms with E-state index in [9.17, 15) is 0 Å². The first-order valence-electron chi connectivity index (χ1n) is 6.88. The second kappa shape index (κ2) is 3.86. The predicted octanol–water partition coefficient (Wildman–Crippen LogP) is 4.97. The first kappa shape index (κ1) is 12.7. The lowest BCUT2D eigenvalue weighted by atomic mass is 9.74. The Balaban J connectivity index is 2.70. The summed E-state index contributed by atoms with van der Waals surface area (Å²) in [4.78, 5) is 0. The van der Waals surface area contributed by atoms with Gasteiger partial charge >= 0.3 is 0 Å². The van der Waals surface area contributed by atoms with E-state index in [2.05, 4.69) is 60.6 Å². The Morgan fingerprint density at radius 3 is 2.24 bits per heavy atom. The molecule has 0 aromatic heterocycles. The molecule has 0 aliphatic heterocycles. The quantitative estimate of drug-likeness (QED) is 0.639. The van der Waals surface area contributed by atoms with Gasteiger partial charge in [-0.05, 0) is 53.7 Å². The third kappa shape index (κ3) is 1.73. The van der Waals surface area contributed by atoms with Gasteiger partial charge in [-0.3, -0.25) is 0 Å². The largest absolute Gasteiger partial charge is 0.0622 e. The molecule has 94 valence electrons. The molecule has 1 aromatic rings. The van der Waals surface area contributed by atoms with Crippen LogP contribution in [0.4, 0.5) is 0 Å². The molecule has 0 bridgehead atoms. The minimum atomic E-state index is 0.321. The van der Waals surface area contributed by atoms with Crippen molar-refractivity contribution in [2.75, 3.05) is 0 Å². The zero-order valence-electron chi connectivity index (χ0n) is 12.4. The van der Waals surface area contributed by atoms with E-state index in [0.717, 1.165) is 17.8 Å². The van der Waals surface area contributed by atoms with E-state index < -0.39 is 0 Å². The standard InChI is InChI=1S/C17H26/c1-10(2)15-13(5)17(6,7)16-12(4)8-11(3)9-14(15)16/h8-10,13,15H,1-7H3. The second-order valence-electron chi connectivity index (χ2n) is 6.83. The summed E-state index contributed by atoms with van der Waals surface area (Å²) in [5, 5.41) is 0. The Morgan fingerprint density at radius 2 is 1.71 bits per heavy atom. The summed E-state index contributed by atoms with van der Waals surface area (Å²) >= 11 is 0. The molecule has 0 fully saturated rings. The normalized spacial score (nSPS) is 26.4. The average molecular weight is 230 g/mol. The Morgan fingerprint density at radius 1 is 1.12 bits per heavy atom. The van der Waals surface area contributed by atoms with Crippen LogP contribution in [0.1, 0.15) is 62.8 Å². The van der Waals surface area contributed by atoms with E-state index in [1.54, 1.807) is 11.1 Å². The van der Waals surface area contributed by atoms with Gasteiger partial charge in [-0.15, -0.1) is 0 Å². The highest BCUT2D eigenvalue weighted by molar-refractivity contribution is 5.49. The van der Waals surface area contributed by atoms with Crippen LogP contribution < -0.4 is 0 Å². The minimum absolute atomic E-state index is 0.321. The zero-order chi connectivity index (χ0) is 13.0. The second-order valence-corrected chi connectivity index (χ2v) is 6.83. The SMILES string of the molecule is Cc1cc(C)c2c(c1)C(C(C)C)C(C)C2(C)C. The molecule has 2 rings (SSSR count). The van der Waals surface area contributed by atoms with Crippen LogP contribution in [0.15, 0.2) is 12.1 Å². The molecule has 0 saturated carbocycles. The van der Waals surface area contributed by atoms with Gasteiger partial charge in [0.1, 0.15) is 0 Å². The fourth-order valence-electron chi connectivity index (χ4n) is 4.03. The van der Waals surface area contributed by atoms with Gasteiger partial charge in [-0.1, -0.05) is 52.3 Å². The molecule has 17 heavy (non-hydrogen) atoms. The predicted molar refractivity (Wildman–Crippen MR) is 75.7 cm³/mol. The van der Waals surface area contributed by atoms with Crippen LogP contribution in [0.2, 0.25) is 0 Å². The van der Waals surface area contributed by atoms with E-state index >= 15 is 0 Å². The van der Waals surface area contributed by atoms with Gasteiger partial charge in [0.05, 0.1) is 0 Å². The van der Waals surface area contributed by atoms with Crippen LogP contribution in [0, 0.1) is 25.7 Å². The summed E-state index contributed by atoms with van der Waals surface area (Å²) in [6.45, 7) is 16.5. The Bertz CT molecular complexity index is 438. The highest BCUT2D eigenvalue weighted by Crippen LogP contribution is 2.54. The molecular formula is C17H26. The van der Waals surface area contributed by atoms with Gasteiger partial charge in [-0.2, -0.15) is 0 Å². The van der Waals surface area contributed by atoms with Crippen LogP contribution >= 0.6 is 0 Å². The molecule has 0 N–H and O–H groups in total. The summed E-state index contributed by atoms with van der Waals surface area (Å²) in [5.74, 6) is 2.18. The van der Waals surface area contributed by atoms with Crippen molar-refractivity contribution in [2.45, 2.75) is 59.8 Å². The van der Waals surface area contributed by atoms with Crippen LogP contribution in [0.25, 0.3) is 0 Å². The number of fused-ring (bicyclic) bond motifs is 1. The number of rotatable bonds is 1. The summed E-state index contributed by atoms with van der Waals surface area (Å²) in [7, 11) is 0. The molecular weight excluding hydrogens is 204 g/mol. The fourth-order valence-corrected chi connectivity index (χ4v) is 4.03. The Kier molecular flexibility index (Phi) is 2.88. The van der Waals surface area contributed by atoms with E-state index in [-0.39, 0.29) is 0 Å². The topological polar surface area (TPSA) is 0 Å². The molecule has 0 amide bonds. The van der Waals surface area contributed by atoms with Crippen molar-refractivity contribution in [3.63, 3.8) is 0 Å². The first-order chi connectivity index (χ1) is 7.76. The average Bonchev–Trinajstić information content (AvgIpc) is 2.33. The number of hydrogen-bond donors (Lipinski definition) is 0. The zero-order valence-corrected chi connectivity index (χ0v) is 12.4. The smallest absolute Gasteiger partial charge is 0.00666 e. The lowest BCUT2D eigenvalue weighted by Crippen LogP contribution is -2.25. The highest BCUT2D eigenvalue weighted by Gasteiger charge is 2.45. The van der Waals surface area contributed by atoms with E-state index in [1.807, 2.05) is 0 Å². The molecule has 1 aliphatic carbocycles. The molecule has 2 atom stereocenters. The molecule has 0 spiro atoms. The number of aryl methyl sites for hydroxylation is 2. The van der Waals surface area contributed by atoms with Crippen molar-refractivity contribution < 1.29 is 0 Å². The third-order valence-electron chi connectivity index (χ3n) is 4.91. The van der Waals surface area contributed by atoms with Gasteiger partial charge < -0.3 is 0 Å². The maximum atomic E-state index is 2.43. The molecule has 0 saturated heterocycles. The van der Waals surface area contributed by atoms with Crippen molar-refractivity contribution in [1.82, 2.24) is 0 Å². The van der Waals surface area contributed by atoms with Gasteiger partial charge in [-0.25, -0.2) is 0 Å².